The number of rotatable bonds is 21. The minimum absolute atomic E-state index is 0. The Balaban J connectivity index is -0.00000480. The zero-order valence-electron chi connectivity index (χ0n) is 21.0. The van der Waals surface area contributed by atoms with E-state index in [4.69, 9.17) is 0 Å². The van der Waals surface area contributed by atoms with Crippen molar-refractivity contribution in [1.29, 1.82) is 0 Å². The zero-order valence-corrected chi connectivity index (χ0v) is 25.8. The second-order valence-electron chi connectivity index (χ2n) is 7.82. The number of carbonyl (C=O) groups is 3. The smallest absolute Gasteiger partial charge is 0.550 e. The third-order valence-electron chi connectivity index (χ3n) is 4.90. The summed E-state index contributed by atoms with van der Waals surface area (Å²) in [5.74, 6) is -4.79. The van der Waals surface area contributed by atoms with Gasteiger partial charge in [-0.2, -0.15) is 8.42 Å². The van der Waals surface area contributed by atoms with Gasteiger partial charge in [-0.15, -0.1) is 4.28 Å². The molecule has 0 aromatic rings. The van der Waals surface area contributed by atoms with E-state index in [0.717, 1.165) is 38.5 Å². The molecule has 0 aliphatic rings. The Morgan fingerprint density at radius 3 is 1.76 bits per heavy atom. The number of hydroxylamine groups is 1. The van der Waals surface area contributed by atoms with Crippen LogP contribution in [-0.4, -0.2) is 31.5 Å². The van der Waals surface area contributed by atoms with Crippen molar-refractivity contribution < 1.29 is 96.4 Å². The molecule has 0 rings (SSSR count). The number of hydrogen-bond donors (Lipinski definition) is 1. The van der Waals surface area contributed by atoms with Crippen LogP contribution in [0.1, 0.15) is 103 Å². The Labute approximate surface area is 248 Å². The molecule has 0 saturated carbocycles. The van der Waals surface area contributed by atoms with Gasteiger partial charge in [0.2, 0.25) is 5.91 Å². The molecular weight excluding hydrogens is 484 g/mol. The maximum absolute atomic E-state index is 11.7. The molecule has 0 saturated heterocycles. The number of carboxylic acid groups (broad SMARTS) is 2. The summed E-state index contributed by atoms with van der Waals surface area (Å²) in [4.78, 5) is 32.9. The molecule has 0 aliphatic carbocycles. The molecule has 0 heterocycles. The average Bonchev–Trinajstić information content (AvgIpc) is 2.73. The fraction of sp³-hybridized carbons (Fsp3) is 0.773. The molecule has 9 nitrogen and oxygen atoms in total. The van der Waals surface area contributed by atoms with E-state index >= 15 is 0 Å². The summed E-state index contributed by atoms with van der Waals surface area (Å²) >= 11 is 0. The maximum Gasteiger partial charge on any atom is 1.00 e. The van der Waals surface area contributed by atoms with Gasteiger partial charge in [0.15, 0.2) is 0 Å². The quantitative estimate of drug-likeness (QED) is 0.0689. The van der Waals surface area contributed by atoms with Gasteiger partial charge in [0.05, 0.1) is 5.97 Å². The first kappa shape index (κ1) is 38.6. The molecule has 0 bridgehead atoms. The van der Waals surface area contributed by atoms with Gasteiger partial charge >= 0.3 is 59.1 Å². The third kappa shape index (κ3) is 22.5. The predicted octanol–water partition coefficient (Wildman–Crippen LogP) is -4.33. The van der Waals surface area contributed by atoms with Gasteiger partial charge in [0.1, 0.15) is 5.25 Å². The number of carboxylic acids is 2. The average molecular weight is 522 g/mol. The number of allylic oxidation sites excluding steroid dienone is 2. The Kier molecular flexibility index (Phi) is 28.1. The summed E-state index contributed by atoms with van der Waals surface area (Å²) in [5.41, 5.74) is 1.64. The van der Waals surface area contributed by atoms with Crippen molar-refractivity contribution in [3.05, 3.63) is 12.2 Å². The van der Waals surface area contributed by atoms with Crippen LogP contribution in [0.25, 0.3) is 0 Å². The summed E-state index contributed by atoms with van der Waals surface area (Å²) in [6, 6.07) is 0. The topological polar surface area (TPSA) is 153 Å². The molecule has 0 radical (unpaired) electrons. The minimum atomic E-state index is -4.89. The van der Waals surface area contributed by atoms with Crippen molar-refractivity contribution >= 4 is 28.0 Å². The Hall–Kier alpha value is 0.0600. The van der Waals surface area contributed by atoms with E-state index in [9.17, 15) is 33.0 Å². The van der Waals surface area contributed by atoms with Gasteiger partial charge in [-0.1, -0.05) is 70.4 Å². The molecule has 0 aromatic carbocycles. The molecule has 1 amide bonds. The number of nitrogens with one attached hydrogen (secondary N) is 1. The van der Waals surface area contributed by atoms with Gasteiger partial charge in [-0.05, 0) is 32.1 Å². The monoisotopic (exact) mass is 521 g/mol. The minimum Gasteiger partial charge on any atom is -0.550 e. The normalized spacial score (nSPS) is 11.9. The Bertz CT molecular complexity index is 686. The van der Waals surface area contributed by atoms with Crippen LogP contribution in [0.4, 0.5) is 0 Å². The predicted molar refractivity (Wildman–Crippen MR) is 116 cm³/mol. The first-order chi connectivity index (χ1) is 15.2. The van der Waals surface area contributed by atoms with E-state index in [-0.39, 0.29) is 65.5 Å². The molecule has 12 heteroatoms. The second-order valence-corrected chi connectivity index (χ2v) is 9.54. The number of aliphatic carboxylic acids is 2. The summed E-state index contributed by atoms with van der Waals surface area (Å²) < 4.78 is 27.5. The van der Waals surface area contributed by atoms with Crippen LogP contribution in [0, 0.1) is 0 Å². The van der Waals surface area contributed by atoms with Gasteiger partial charge in [0, 0.05) is 18.8 Å². The van der Waals surface area contributed by atoms with Crippen molar-refractivity contribution in [3.8, 4) is 0 Å². The molecule has 0 fully saturated rings. The summed E-state index contributed by atoms with van der Waals surface area (Å²) in [7, 11) is -4.89. The second kappa shape index (κ2) is 24.7. The fourth-order valence-electron chi connectivity index (χ4n) is 3.02. The molecule has 1 unspecified atom stereocenters. The summed E-state index contributed by atoms with van der Waals surface area (Å²) in [5, 5.41) is 18.8. The molecule has 0 aromatic heterocycles. The SMILES string of the molecule is CCCCCCCC/C=C\CCCCCCCC(=O)NOS(=O)(=O)C(CC(=O)[O-])C(=O)[O-].[Na+].[Na+]. The van der Waals surface area contributed by atoms with E-state index in [2.05, 4.69) is 23.4 Å². The van der Waals surface area contributed by atoms with E-state index in [0.29, 0.717) is 6.42 Å². The maximum atomic E-state index is 11.7. The van der Waals surface area contributed by atoms with Crippen LogP contribution >= 0.6 is 0 Å². The molecule has 1 N–H and O–H groups in total. The van der Waals surface area contributed by atoms with Crippen LogP contribution in [-0.2, 0) is 28.8 Å². The van der Waals surface area contributed by atoms with Crippen LogP contribution in [0.15, 0.2) is 12.2 Å². The van der Waals surface area contributed by atoms with Crippen molar-refractivity contribution in [2.45, 2.75) is 108 Å². The van der Waals surface area contributed by atoms with Crippen LogP contribution in [0.5, 0.6) is 0 Å². The van der Waals surface area contributed by atoms with E-state index in [1.54, 1.807) is 5.48 Å². The number of amides is 1. The number of carbonyl (C=O) groups excluding carboxylic acids is 3. The fourth-order valence-corrected chi connectivity index (χ4v) is 3.93. The summed E-state index contributed by atoms with van der Waals surface area (Å²) in [6.07, 6.45) is 17.5. The first-order valence-corrected chi connectivity index (χ1v) is 12.9. The van der Waals surface area contributed by atoms with Crippen molar-refractivity contribution in [1.82, 2.24) is 5.48 Å². The first-order valence-electron chi connectivity index (χ1n) is 11.5. The largest absolute Gasteiger partial charge is 1.00 e. The van der Waals surface area contributed by atoms with Gasteiger partial charge in [-0.25, -0.2) is 5.48 Å². The van der Waals surface area contributed by atoms with E-state index in [1.165, 1.54) is 38.5 Å². The Morgan fingerprint density at radius 1 is 0.824 bits per heavy atom. The summed E-state index contributed by atoms with van der Waals surface area (Å²) in [6.45, 7) is 2.22. The Morgan fingerprint density at radius 2 is 1.29 bits per heavy atom. The number of unbranched alkanes of at least 4 members (excludes halogenated alkanes) is 11. The standard InChI is InChI=1S/C22H39NO8S.2Na/c1-2-3-4-5-6-7-8-9-10-11-12-13-14-15-16-17-20(24)23-31-32(29,30)19(22(27)28)18-21(25)26;;/h9-10,19H,2-8,11-18H2,1H3,(H,23,24)(H,25,26)(H,27,28);;/q;2*+1/p-2/b10-9-;;. The zero-order chi connectivity index (χ0) is 24.2. The van der Waals surface area contributed by atoms with Crippen molar-refractivity contribution in [2.75, 3.05) is 0 Å². The third-order valence-corrected chi connectivity index (χ3v) is 6.27. The van der Waals surface area contributed by atoms with Crippen molar-refractivity contribution in [3.63, 3.8) is 0 Å². The van der Waals surface area contributed by atoms with Crippen LogP contribution < -0.4 is 74.8 Å². The van der Waals surface area contributed by atoms with E-state index in [1.807, 2.05) is 0 Å². The van der Waals surface area contributed by atoms with E-state index < -0.39 is 39.6 Å². The van der Waals surface area contributed by atoms with Crippen molar-refractivity contribution in [2.24, 2.45) is 0 Å². The molecule has 0 aliphatic heterocycles. The molecule has 1 atom stereocenters. The van der Waals surface area contributed by atoms with Crippen LogP contribution in [0.2, 0.25) is 0 Å². The molecular formula is C22H37NNa2O8S. The van der Waals surface area contributed by atoms with Crippen LogP contribution in [0.3, 0.4) is 0 Å². The molecule has 34 heavy (non-hydrogen) atoms. The van der Waals surface area contributed by atoms with Gasteiger partial charge in [-0.3, -0.25) is 4.79 Å². The van der Waals surface area contributed by atoms with Gasteiger partial charge in [0.25, 0.3) is 10.1 Å². The molecule has 186 valence electrons. The van der Waals surface area contributed by atoms with Gasteiger partial charge < -0.3 is 19.8 Å². The molecule has 0 spiro atoms. The number of hydrogen-bond acceptors (Lipinski definition) is 8.